The maximum Gasteiger partial charge on any atom is 0.416 e. The predicted molar refractivity (Wildman–Crippen MR) is 110 cm³/mol. The minimum absolute atomic E-state index is 0.0758. The van der Waals surface area contributed by atoms with E-state index in [0.29, 0.717) is 41.8 Å². The molecule has 166 valence electrons. The second kappa shape index (κ2) is 7.37. The summed E-state index contributed by atoms with van der Waals surface area (Å²) < 4.78 is 50.6. The molecule has 0 atom stereocenters. The molecule has 0 bridgehead atoms. The summed E-state index contributed by atoms with van der Waals surface area (Å²) in [6, 6.07) is 8.55. The number of fused-ring (bicyclic) bond motifs is 2. The zero-order valence-corrected chi connectivity index (χ0v) is 16.8. The van der Waals surface area contributed by atoms with Gasteiger partial charge in [0.05, 0.1) is 18.8 Å². The van der Waals surface area contributed by atoms with Gasteiger partial charge in [0.25, 0.3) is 0 Å². The lowest BCUT2D eigenvalue weighted by Crippen LogP contribution is -2.55. The van der Waals surface area contributed by atoms with Gasteiger partial charge >= 0.3 is 6.18 Å². The summed E-state index contributed by atoms with van der Waals surface area (Å²) in [6.45, 7) is 0.487. The molecular weight excluding hydrogens is 425 g/mol. The number of ether oxygens (including phenoxy) is 2. The number of benzene rings is 2. The first-order chi connectivity index (χ1) is 15.2. The van der Waals surface area contributed by atoms with Crippen LogP contribution in [0.5, 0.6) is 5.75 Å². The lowest BCUT2D eigenvalue weighted by Gasteiger charge is -2.45. The van der Waals surface area contributed by atoms with Crippen molar-refractivity contribution in [3.63, 3.8) is 0 Å². The largest absolute Gasteiger partial charge is 0.481 e. The minimum atomic E-state index is -4.50. The Morgan fingerprint density at radius 3 is 2.69 bits per heavy atom. The number of hydrogen-bond donors (Lipinski definition) is 2. The SMILES string of the molecule is O=C(/C=C1\CC2(COC2)Oc2cc(C(F)(F)F)ccc21)Nc1cccc2c1CCC(=O)N2. The average molecular weight is 444 g/mol. The van der Waals surface area contributed by atoms with E-state index in [2.05, 4.69) is 10.6 Å². The van der Waals surface area contributed by atoms with Gasteiger partial charge in [-0.1, -0.05) is 12.1 Å². The number of alkyl halides is 3. The molecule has 1 fully saturated rings. The van der Waals surface area contributed by atoms with Gasteiger partial charge in [0.1, 0.15) is 5.75 Å². The van der Waals surface area contributed by atoms with Gasteiger partial charge in [-0.05, 0) is 41.8 Å². The molecule has 2 aromatic rings. The third-order valence-electron chi connectivity index (χ3n) is 5.84. The molecule has 2 aromatic carbocycles. The van der Waals surface area contributed by atoms with E-state index < -0.39 is 23.2 Å². The van der Waals surface area contributed by atoms with Crippen LogP contribution >= 0.6 is 0 Å². The number of amides is 2. The number of carbonyl (C=O) groups is 2. The first kappa shape index (κ1) is 20.6. The molecule has 9 heteroatoms. The number of hydrogen-bond acceptors (Lipinski definition) is 4. The van der Waals surface area contributed by atoms with Crippen molar-refractivity contribution in [1.82, 2.24) is 0 Å². The fourth-order valence-electron chi connectivity index (χ4n) is 4.25. The fourth-order valence-corrected chi connectivity index (χ4v) is 4.25. The van der Waals surface area contributed by atoms with E-state index in [1.807, 2.05) is 0 Å². The van der Waals surface area contributed by atoms with Gasteiger partial charge in [-0.2, -0.15) is 13.2 Å². The number of halogens is 3. The zero-order valence-electron chi connectivity index (χ0n) is 16.8. The Morgan fingerprint density at radius 2 is 1.97 bits per heavy atom. The highest BCUT2D eigenvalue weighted by Gasteiger charge is 2.46. The minimum Gasteiger partial charge on any atom is -0.481 e. The highest BCUT2D eigenvalue weighted by atomic mass is 19.4. The Hall–Kier alpha value is -3.33. The second-order valence-electron chi connectivity index (χ2n) is 8.20. The third kappa shape index (κ3) is 3.73. The van der Waals surface area contributed by atoms with Crippen LogP contribution < -0.4 is 15.4 Å². The zero-order chi connectivity index (χ0) is 22.5. The van der Waals surface area contributed by atoms with E-state index in [1.54, 1.807) is 18.2 Å². The molecule has 32 heavy (non-hydrogen) atoms. The van der Waals surface area contributed by atoms with Crippen LogP contribution in [-0.4, -0.2) is 30.6 Å². The Balaban J connectivity index is 1.46. The van der Waals surface area contributed by atoms with Crippen molar-refractivity contribution in [3.05, 3.63) is 59.2 Å². The van der Waals surface area contributed by atoms with Crippen molar-refractivity contribution in [2.45, 2.75) is 31.0 Å². The molecule has 0 aliphatic carbocycles. The summed E-state index contributed by atoms with van der Waals surface area (Å²) >= 11 is 0. The van der Waals surface area contributed by atoms with Gasteiger partial charge in [0, 0.05) is 35.9 Å². The van der Waals surface area contributed by atoms with Crippen molar-refractivity contribution in [3.8, 4) is 5.75 Å². The molecule has 1 saturated heterocycles. The van der Waals surface area contributed by atoms with E-state index in [-0.39, 0.29) is 24.9 Å². The maximum absolute atomic E-state index is 13.2. The predicted octanol–water partition coefficient (Wildman–Crippen LogP) is 4.16. The Bertz CT molecular complexity index is 1150. The lowest BCUT2D eigenvalue weighted by molar-refractivity contribution is -0.161. The molecule has 5 rings (SSSR count). The van der Waals surface area contributed by atoms with Crippen LogP contribution in [0, 0.1) is 0 Å². The Kier molecular flexibility index (Phi) is 4.74. The fraction of sp³-hybridized carbons (Fsp3) is 0.304. The van der Waals surface area contributed by atoms with Crippen molar-refractivity contribution >= 4 is 28.8 Å². The van der Waals surface area contributed by atoms with E-state index in [9.17, 15) is 22.8 Å². The molecule has 0 aromatic heterocycles. The molecule has 3 aliphatic heterocycles. The quantitative estimate of drug-likeness (QED) is 0.682. The molecule has 0 radical (unpaired) electrons. The number of carbonyl (C=O) groups excluding carboxylic acids is 2. The number of anilines is 2. The molecule has 2 amide bonds. The van der Waals surface area contributed by atoms with Gasteiger partial charge in [0.15, 0.2) is 5.60 Å². The van der Waals surface area contributed by atoms with Gasteiger partial charge in [-0.3, -0.25) is 9.59 Å². The standard InChI is InChI=1S/C23H19F3N2O4/c24-23(25,26)14-4-5-15-13(10-22(11-31-12-22)32-19(15)9-14)8-21(30)28-18-3-1-2-17-16(18)6-7-20(29)27-17/h1-5,8-9H,6-7,10-12H2,(H,27,29)(H,28,30)/b13-8+. The highest BCUT2D eigenvalue weighted by molar-refractivity contribution is 6.06. The smallest absolute Gasteiger partial charge is 0.416 e. The molecule has 0 unspecified atom stereocenters. The van der Waals surface area contributed by atoms with Crippen molar-refractivity contribution < 1.29 is 32.2 Å². The maximum atomic E-state index is 13.2. The third-order valence-corrected chi connectivity index (χ3v) is 5.84. The molecule has 1 spiro atoms. The first-order valence-corrected chi connectivity index (χ1v) is 10.1. The van der Waals surface area contributed by atoms with Crippen LogP contribution in [0.15, 0.2) is 42.5 Å². The highest BCUT2D eigenvalue weighted by Crippen LogP contribution is 2.45. The summed E-state index contributed by atoms with van der Waals surface area (Å²) in [5.74, 6) is -0.394. The topological polar surface area (TPSA) is 76.7 Å². The summed E-state index contributed by atoms with van der Waals surface area (Å²) in [5, 5.41) is 5.63. The molecule has 3 heterocycles. The van der Waals surface area contributed by atoms with Crippen LogP contribution in [0.4, 0.5) is 24.5 Å². The van der Waals surface area contributed by atoms with E-state index >= 15 is 0 Å². The lowest BCUT2D eigenvalue weighted by atomic mass is 9.85. The number of rotatable bonds is 2. The summed E-state index contributed by atoms with van der Waals surface area (Å²) in [6.07, 6.45) is -1.92. The van der Waals surface area contributed by atoms with Crippen molar-refractivity contribution in [2.75, 3.05) is 23.8 Å². The monoisotopic (exact) mass is 444 g/mol. The second-order valence-corrected chi connectivity index (χ2v) is 8.20. The Morgan fingerprint density at radius 1 is 1.16 bits per heavy atom. The van der Waals surface area contributed by atoms with Crippen molar-refractivity contribution in [1.29, 1.82) is 0 Å². The van der Waals surface area contributed by atoms with Crippen LogP contribution in [0.2, 0.25) is 0 Å². The average Bonchev–Trinajstić information content (AvgIpc) is 2.71. The molecule has 0 saturated carbocycles. The van der Waals surface area contributed by atoms with Gasteiger partial charge in [0.2, 0.25) is 11.8 Å². The van der Waals surface area contributed by atoms with E-state index in [0.717, 1.165) is 17.7 Å². The van der Waals surface area contributed by atoms with Crippen LogP contribution in [0.25, 0.3) is 5.57 Å². The number of nitrogens with one attached hydrogen (secondary N) is 2. The van der Waals surface area contributed by atoms with E-state index in [1.165, 1.54) is 12.1 Å². The van der Waals surface area contributed by atoms with Crippen LogP contribution in [0.1, 0.15) is 29.5 Å². The molecule has 6 nitrogen and oxygen atoms in total. The summed E-state index contributed by atoms with van der Waals surface area (Å²) in [5.41, 5.74) is 1.55. The molecule has 2 N–H and O–H groups in total. The molecule has 3 aliphatic rings. The van der Waals surface area contributed by atoms with Gasteiger partial charge in [-0.25, -0.2) is 0 Å². The first-order valence-electron chi connectivity index (χ1n) is 10.1. The van der Waals surface area contributed by atoms with Gasteiger partial charge < -0.3 is 20.1 Å². The Labute approximate surface area is 181 Å². The summed E-state index contributed by atoms with van der Waals surface area (Å²) in [7, 11) is 0. The van der Waals surface area contributed by atoms with E-state index in [4.69, 9.17) is 9.47 Å². The van der Waals surface area contributed by atoms with Gasteiger partial charge in [-0.15, -0.1) is 0 Å². The van der Waals surface area contributed by atoms with Crippen LogP contribution in [-0.2, 0) is 26.9 Å². The normalized spacial score (nSPS) is 20.0. The molecular formula is C23H19F3N2O4. The van der Waals surface area contributed by atoms with Crippen molar-refractivity contribution in [2.24, 2.45) is 0 Å². The van der Waals surface area contributed by atoms with Crippen LogP contribution in [0.3, 0.4) is 0 Å². The summed E-state index contributed by atoms with van der Waals surface area (Å²) in [4.78, 5) is 24.5.